The summed E-state index contributed by atoms with van der Waals surface area (Å²) in [6.07, 6.45) is 3.63. The zero-order valence-corrected chi connectivity index (χ0v) is 14.0. The van der Waals surface area contributed by atoms with E-state index < -0.39 is 5.54 Å². The van der Waals surface area contributed by atoms with Crippen LogP contribution in [0, 0.1) is 0 Å². The van der Waals surface area contributed by atoms with Crippen molar-refractivity contribution < 1.29 is 18.7 Å². The number of methoxy groups -OCH3 is 1. The van der Waals surface area contributed by atoms with Crippen LogP contribution >= 0.6 is 0 Å². The van der Waals surface area contributed by atoms with Crippen LogP contribution in [0.15, 0.2) is 28.9 Å². The Balaban J connectivity index is 1.74. The topological polar surface area (TPSA) is 80.6 Å². The zero-order valence-electron chi connectivity index (χ0n) is 14.0. The summed E-state index contributed by atoms with van der Waals surface area (Å²) in [6, 6.07) is 5.82. The number of hydrogen-bond donors (Lipinski definition) is 2. The molecular weight excluding hydrogens is 308 g/mol. The molecule has 0 spiro atoms. The maximum atomic E-state index is 12.6. The average Bonchev–Trinajstić information content (AvgIpc) is 3.24. The molecule has 1 aliphatic carbocycles. The number of benzene rings is 1. The van der Waals surface area contributed by atoms with Crippen molar-refractivity contribution in [2.75, 3.05) is 20.3 Å². The molecule has 1 aromatic heterocycles. The van der Waals surface area contributed by atoms with Gasteiger partial charge in [0.25, 0.3) is 5.91 Å². The van der Waals surface area contributed by atoms with Crippen molar-refractivity contribution in [1.29, 1.82) is 0 Å². The summed E-state index contributed by atoms with van der Waals surface area (Å²) < 4.78 is 10.4. The third-order valence-electron chi connectivity index (χ3n) is 4.42. The largest absolute Gasteiger partial charge is 0.463 e. The standard InChI is InChI=1S/C18H22N2O4/c1-3-12-4-5-15-13(10-12)14(11-24-15)16(21)20-18(6-7-18)17(22)19-8-9-23-2/h4-5,10-11H,3,6-9H2,1-2H3,(H,19,22)(H,20,21). The molecule has 2 aromatic rings. The van der Waals surface area contributed by atoms with E-state index in [0.29, 0.717) is 37.1 Å². The molecule has 0 bridgehead atoms. The fourth-order valence-electron chi connectivity index (χ4n) is 2.73. The molecule has 1 aromatic carbocycles. The molecule has 0 saturated heterocycles. The molecule has 6 heteroatoms. The lowest BCUT2D eigenvalue weighted by Crippen LogP contribution is -2.49. The van der Waals surface area contributed by atoms with E-state index in [0.717, 1.165) is 17.4 Å². The lowest BCUT2D eigenvalue weighted by atomic mass is 10.1. The molecule has 3 rings (SSSR count). The number of nitrogens with one attached hydrogen (secondary N) is 2. The molecule has 2 amide bonds. The molecule has 1 saturated carbocycles. The summed E-state index contributed by atoms with van der Waals surface area (Å²) in [4.78, 5) is 24.9. The number of carbonyl (C=O) groups excluding carboxylic acids is 2. The molecule has 0 aliphatic heterocycles. The molecule has 1 aliphatic rings. The molecule has 0 radical (unpaired) electrons. The van der Waals surface area contributed by atoms with Crippen molar-refractivity contribution in [3.63, 3.8) is 0 Å². The molecule has 1 fully saturated rings. The van der Waals surface area contributed by atoms with Gasteiger partial charge in [0.15, 0.2) is 0 Å². The normalized spacial score (nSPS) is 15.2. The highest BCUT2D eigenvalue weighted by atomic mass is 16.5. The number of ether oxygens (including phenoxy) is 1. The van der Waals surface area contributed by atoms with E-state index in [2.05, 4.69) is 17.6 Å². The van der Waals surface area contributed by atoms with Crippen LogP contribution in [-0.2, 0) is 16.0 Å². The van der Waals surface area contributed by atoms with Gasteiger partial charge >= 0.3 is 0 Å². The van der Waals surface area contributed by atoms with E-state index >= 15 is 0 Å². The molecule has 128 valence electrons. The van der Waals surface area contributed by atoms with Gasteiger partial charge in [-0.1, -0.05) is 13.0 Å². The molecule has 2 N–H and O–H groups in total. The quantitative estimate of drug-likeness (QED) is 0.761. The number of fused-ring (bicyclic) bond motifs is 1. The number of aryl methyl sites for hydroxylation is 1. The highest BCUT2D eigenvalue weighted by Gasteiger charge is 2.51. The van der Waals surface area contributed by atoms with Gasteiger partial charge in [-0.05, 0) is 37.0 Å². The first-order valence-electron chi connectivity index (χ1n) is 8.19. The number of furan rings is 1. The van der Waals surface area contributed by atoms with Crippen LogP contribution in [0.1, 0.15) is 35.7 Å². The Labute approximate surface area is 140 Å². The molecule has 0 unspecified atom stereocenters. The summed E-state index contributed by atoms with van der Waals surface area (Å²) in [5.41, 5.74) is 1.48. The van der Waals surface area contributed by atoms with Gasteiger partial charge in [0.1, 0.15) is 17.4 Å². The number of carbonyl (C=O) groups is 2. The van der Waals surface area contributed by atoms with Gasteiger partial charge < -0.3 is 19.8 Å². The molecule has 6 nitrogen and oxygen atoms in total. The smallest absolute Gasteiger partial charge is 0.256 e. The predicted octanol–water partition coefficient (Wildman–Crippen LogP) is 2.02. The fraction of sp³-hybridized carbons (Fsp3) is 0.444. The Morgan fingerprint density at radius 1 is 1.33 bits per heavy atom. The van der Waals surface area contributed by atoms with E-state index in [9.17, 15) is 9.59 Å². The third-order valence-corrected chi connectivity index (χ3v) is 4.42. The zero-order chi connectivity index (χ0) is 17.2. The lowest BCUT2D eigenvalue weighted by molar-refractivity contribution is -0.124. The Kier molecular flexibility index (Phi) is 4.57. The second-order valence-corrected chi connectivity index (χ2v) is 6.12. The minimum absolute atomic E-state index is 0.157. The first kappa shape index (κ1) is 16.5. The van der Waals surface area contributed by atoms with Crippen molar-refractivity contribution in [3.05, 3.63) is 35.6 Å². The average molecular weight is 330 g/mol. The molecule has 0 atom stereocenters. The first-order chi connectivity index (χ1) is 11.6. The maximum Gasteiger partial charge on any atom is 0.256 e. The summed E-state index contributed by atoms with van der Waals surface area (Å²) in [5, 5.41) is 6.44. The summed E-state index contributed by atoms with van der Waals surface area (Å²) in [7, 11) is 1.58. The first-order valence-corrected chi connectivity index (χ1v) is 8.19. The van der Waals surface area contributed by atoms with Crippen LogP contribution in [-0.4, -0.2) is 37.6 Å². The summed E-state index contributed by atoms with van der Waals surface area (Å²) in [6.45, 7) is 2.94. The number of hydrogen-bond acceptors (Lipinski definition) is 4. The second kappa shape index (κ2) is 6.65. The van der Waals surface area contributed by atoms with E-state index in [4.69, 9.17) is 9.15 Å². The van der Waals surface area contributed by atoms with Crippen molar-refractivity contribution in [2.45, 2.75) is 31.7 Å². The van der Waals surface area contributed by atoms with Gasteiger partial charge in [0, 0.05) is 19.0 Å². The predicted molar refractivity (Wildman–Crippen MR) is 89.9 cm³/mol. The van der Waals surface area contributed by atoms with Crippen LogP contribution in [0.3, 0.4) is 0 Å². The Morgan fingerprint density at radius 2 is 2.12 bits per heavy atom. The molecular formula is C18H22N2O4. The van der Waals surface area contributed by atoms with Gasteiger partial charge in [0.2, 0.25) is 5.91 Å². The van der Waals surface area contributed by atoms with Gasteiger partial charge in [-0.3, -0.25) is 9.59 Å². The third kappa shape index (κ3) is 3.14. The van der Waals surface area contributed by atoms with Crippen molar-refractivity contribution in [1.82, 2.24) is 10.6 Å². The highest BCUT2D eigenvalue weighted by molar-refractivity contribution is 6.08. The lowest BCUT2D eigenvalue weighted by Gasteiger charge is -2.16. The van der Waals surface area contributed by atoms with Crippen molar-refractivity contribution >= 4 is 22.8 Å². The van der Waals surface area contributed by atoms with E-state index in [1.807, 2.05) is 18.2 Å². The van der Waals surface area contributed by atoms with Gasteiger partial charge in [0.05, 0.1) is 12.2 Å². The maximum absolute atomic E-state index is 12.6. The monoisotopic (exact) mass is 330 g/mol. The number of rotatable bonds is 7. The molecule has 24 heavy (non-hydrogen) atoms. The van der Waals surface area contributed by atoms with Gasteiger partial charge in [-0.15, -0.1) is 0 Å². The van der Waals surface area contributed by atoms with Gasteiger partial charge in [-0.25, -0.2) is 0 Å². The van der Waals surface area contributed by atoms with E-state index in [1.165, 1.54) is 6.26 Å². The number of amides is 2. The highest BCUT2D eigenvalue weighted by Crippen LogP contribution is 2.36. The Morgan fingerprint density at radius 3 is 2.79 bits per heavy atom. The second-order valence-electron chi connectivity index (χ2n) is 6.12. The van der Waals surface area contributed by atoms with Crippen LogP contribution in [0.5, 0.6) is 0 Å². The van der Waals surface area contributed by atoms with E-state index in [1.54, 1.807) is 7.11 Å². The summed E-state index contributed by atoms with van der Waals surface area (Å²) in [5.74, 6) is -0.434. The molecule has 1 heterocycles. The van der Waals surface area contributed by atoms with E-state index in [-0.39, 0.29) is 11.8 Å². The summed E-state index contributed by atoms with van der Waals surface area (Å²) >= 11 is 0. The SMILES string of the molecule is CCc1ccc2occ(C(=O)NC3(C(=O)NCCOC)CC3)c2c1. The van der Waals surface area contributed by atoms with Crippen LogP contribution in [0.25, 0.3) is 11.0 Å². The van der Waals surface area contributed by atoms with Crippen LogP contribution in [0.4, 0.5) is 0 Å². The minimum Gasteiger partial charge on any atom is -0.463 e. The van der Waals surface area contributed by atoms with Crippen molar-refractivity contribution in [3.8, 4) is 0 Å². The Hall–Kier alpha value is -2.34. The van der Waals surface area contributed by atoms with Crippen LogP contribution in [0.2, 0.25) is 0 Å². The Bertz CT molecular complexity index is 761. The van der Waals surface area contributed by atoms with Gasteiger partial charge in [-0.2, -0.15) is 0 Å². The fourth-order valence-corrected chi connectivity index (χ4v) is 2.73. The van der Waals surface area contributed by atoms with Crippen molar-refractivity contribution in [2.24, 2.45) is 0 Å². The minimum atomic E-state index is -0.795. The van der Waals surface area contributed by atoms with Crippen LogP contribution < -0.4 is 10.6 Å².